The highest BCUT2D eigenvalue weighted by atomic mass is 35.5. The van der Waals surface area contributed by atoms with Gasteiger partial charge in [-0.15, -0.1) is 0 Å². The van der Waals surface area contributed by atoms with Crippen LogP contribution in [0.5, 0.6) is 5.75 Å². The molecule has 2 aromatic carbocycles. The number of carbonyl (C=O) groups excluding carboxylic acids is 1. The number of nitrogens with zero attached hydrogens (tertiary/aromatic N) is 4. The van der Waals surface area contributed by atoms with E-state index in [4.69, 9.17) is 35.9 Å². The van der Waals surface area contributed by atoms with E-state index in [-0.39, 0.29) is 23.8 Å². The van der Waals surface area contributed by atoms with Gasteiger partial charge in [-0.3, -0.25) is 13.9 Å². The van der Waals surface area contributed by atoms with Gasteiger partial charge < -0.3 is 19.7 Å². The van der Waals surface area contributed by atoms with Crippen LogP contribution in [0.4, 0.5) is 5.82 Å². The van der Waals surface area contributed by atoms with E-state index in [9.17, 15) is 9.36 Å². The predicted octanol–water partition coefficient (Wildman–Crippen LogP) is 5.95. The second kappa shape index (κ2) is 12.8. The van der Waals surface area contributed by atoms with Crippen molar-refractivity contribution in [3.63, 3.8) is 0 Å². The first kappa shape index (κ1) is 29.8. The van der Waals surface area contributed by atoms with Crippen LogP contribution in [0, 0.1) is 0 Å². The lowest BCUT2D eigenvalue weighted by Gasteiger charge is -2.27. The Morgan fingerprint density at radius 2 is 1.93 bits per heavy atom. The summed E-state index contributed by atoms with van der Waals surface area (Å²) in [7, 11) is -4.11. The molecule has 43 heavy (non-hydrogen) atoms. The number of esters is 1. The third-order valence-corrected chi connectivity index (χ3v) is 9.67. The van der Waals surface area contributed by atoms with Crippen molar-refractivity contribution in [2.45, 2.75) is 76.3 Å². The molecule has 1 aliphatic carbocycles. The molecule has 14 heteroatoms. The summed E-state index contributed by atoms with van der Waals surface area (Å²) in [6.07, 6.45) is 6.26. The minimum absolute atomic E-state index is 0.0721. The summed E-state index contributed by atoms with van der Waals surface area (Å²) in [6, 6.07) is 12.1. The van der Waals surface area contributed by atoms with Crippen LogP contribution in [0.25, 0.3) is 21.9 Å². The standard InChI is InChI=1S/C29H34ClN6O6P/c1-18(28(37)41-20-10-3-2-4-11-20)35-43(38,42-23-13-7-9-19-8-5-6-12-22(19)23)39-16-21-14-15-24(40-21)36-27-25(34-29(36)30)26(31)32-17-33-27/h5-9,12-13,17-18,20-21,24H,2-4,10-11,14-16H2,1H3,(H,35,38)(H2,31,32,33)/t18-,21-,24+,43?/m0/s1. The molecule has 6 rings (SSSR count). The Bertz CT molecular complexity index is 1660. The Balaban J connectivity index is 1.18. The van der Waals surface area contributed by atoms with Crippen molar-refractivity contribution in [3.05, 3.63) is 54.1 Å². The Labute approximate surface area is 253 Å². The minimum Gasteiger partial charge on any atom is -0.461 e. The maximum Gasteiger partial charge on any atom is 0.459 e. The highest BCUT2D eigenvalue weighted by Crippen LogP contribution is 2.48. The predicted molar refractivity (Wildman–Crippen MR) is 162 cm³/mol. The molecule has 0 bridgehead atoms. The van der Waals surface area contributed by atoms with Crippen LogP contribution in [0.2, 0.25) is 5.28 Å². The van der Waals surface area contributed by atoms with Gasteiger partial charge in [0.25, 0.3) is 0 Å². The number of benzene rings is 2. The van der Waals surface area contributed by atoms with E-state index in [0.29, 0.717) is 29.8 Å². The Morgan fingerprint density at radius 3 is 2.77 bits per heavy atom. The monoisotopic (exact) mass is 628 g/mol. The molecule has 4 aromatic rings. The number of halogens is 1. The molecule has 1 aliphatic heterocycles. The number of ether oxygens (including phenoxy) is 2. The summed E-state index contributed by atoms with van der Waals surface area (Å²) in [4.78, 5) is 25.5. The Hall–Kier alpha value is -3.28. The summed E-state index contributed by atoms with van der Waals surface area (Å²) in [5.74, 6) is 0.0792. The number of carbonyl (C=O) groups is 1. The maximum atomic E-state index is 14.3. The van der Waals surface area contributed by atoms with Crippen LogP contribution < -0.4 is 15.3 Å². The molecule has 1 unspecified atom stereocenters. The number of aromatic nitrogens is 4. The summed E-state index contributed by atoms with van der Waals surface area (Å²) < 4.78 is 39.9. The summed E-state index contributed by atoms with van der Waals surface area (Å²) in [5.41, 5.74) is 6.79. The molecule has 2 fully saturated rings. The van der Waals surface area contributed by atoms with Gasteiger partial charge in [-0.2, -0.15) is 5.09 Å². The van der Waals surface area contributed by atoms with E-state index in [1.165, 1.54) is 6.33 Å². The molecule has 3 heterocycles. The fourth-order valence-corrected chi connectivity index (χ4v) is 7.38. The van der Waals surface area contributed by atoms with Gasteiger partial charge in [-0.1, -0.05) is 42.8 Å². The lowest BCUT2D eigenvalue weighted by Crippen LogP contribution is -2.37. The van der Waals surface area contributed by atoms with Crippen molar-refractivity contribution in [1.82, 2.24) is 24.6 Å². The van der Waals surface area contributed by atoms with Crippen LogP contribution in [-0.4, -0.2) is 50.3 Å². The molecule has 1 saturated heterocycles. The van der Waals surface area contributed by atoms with Gasteiger partial charge in [0.2, 0.25) is 5.28 Å². The van der Waals surface area contributed by atoms with E-state index in [0.717, 1.165) is 42.9 Å². The number of fused-ring (bicyclic) bond motifs is 2. The zero-order valence-corrected chi connectivity index (χ0v) is 25.4. The average Bonchev–Trinajstić information content (AvgIpc) is 3.61. The molecular weight excluding hydrogens is 595 g/mol. The third kappa shape index (κ3) is 6.63. The Kier molecular flexibility index (Phi) is 8.83. The lowest BCUT2D eigenvalue weighted by molar-refractivity contribution is -0.152. The van der Waals surface area contributed by atoms with Crippen molar-refractivity contribution in [2.75, 3.05) is 12.3 Å². The van der Waals surface area contributed by atoms with Gasteiger partial charge in [0, 0.05) is 5.39 Å². The second-order valence-electron chi connectivity index (χ2n) is 10.9. The molecule has 0 radical (unpaired) electrons. The topological polar surface area (TPSA) is 153 Å². The molecule has 228 valence electrons. The van der Waals surface area contributed by atoms with Crippen LogP contribution in [0.1, 0.15) is 58.1 Å². The number of hydrogen-bond donors (Lipinski definition) is 2. The summed E-state index contributed by atoms with van der Waals surface area (Å²) in [6.45, 7) is 1.52. The van der Waals surface area contributed by atoms with Gasteiger partial charge >= 0.3 is 13.7 Å². The van der Waals surface area contributed by atoms with E-state index in [2.05, 4.69) is 20.0 Å². The number of rotatable bonds is 10. The third-order valence-electron chi connectivity index (χ3n) is 7.77. The average molecular weight is 629 g/mol. The first-order chi connectivity index (χ1) is 20.8. The van der Waals surface area contributed by atoms with E-state index in [1.54, 1.807) is 17.6 Å². The molecule has 2 aliphatic rings. The quantitative estimate of drug-likeness (QED) is 0.122. The zero-order chi connectivity index (χ0) is 30.0. The molecule has 0 amide bonds. The van der Waals surface area contributed by atoms with Crippen LogP contribution >= 0.6 is 19.3 Å². The molecular formula is C29H34ClN6O6P. The molecule has 2 aromatic heterocycles. The van der Waals surface area contributed by atoms with Gasteiger partial charge in [-0.05, 0) is 68.5 Å². The first-order valence-corrected chi connectivity index (χ1v) is 16.4. The van der Waals surface area contributed by atoms with Gasteiger partial charge in [0.05, 0.1) is 12.7 Å². The highest BCUT2D eigenvalue weighted by molar-refractivity contribution is 7.52. The fourth-order valence-electron chi connectivity index (χ4n) is 5.57. The summed E-state index contributed by atoms with van der Waals surface area (Å²) >= 11 is 6.41. The number of hydrogen-bond acceptors (Lipinski definition) is 10. The van der Waals surface area contributed by atoms with Crippen molar-refractivity contribution >= 4 is 53.1 Å². The van der Waals surface area contributed by atoms with Crippen molar-refractivity contribution in [2.24, 2.45) is 0 Å². The summed E-state index contributed by atoms with van der Waals surface area (Å²) in [5, 5.41) is 4.65. The molecule has 4 atom stereocenters. The van der Waals surface area contributed by atoms with Crippen molar-refractivity contribution in [1.29, 1.82) is 0 Å². The highest BCUT2D eigenvalue weighted by Gasteiger charge is 2.37. The molecule has 12 nitrogen and oxygen atoms in total. The van der Waals surface area contributed by atoms with Crippen molar-refractivity contribution < 1.29 is 27.9 Å². The number of nitrogen functional groups attached to an aromatic ring is 1. The van der Waals surface area contributed by atoms with Crippen molar-refractivity contribution in [3.8, 4) is 5.75 Å². The molecule has 1 saturated carbocycles. The number of nitrogens with two attached hydrogens (primary N) is 1. The van der Waals surface area contributed by atoms with Crippen LogP contribution in [0.3, 0.4) is 0 Å². The second-order valence-corrected chi connectivity index (χ2v) is 12.9. The van der Waals surface area contributed by atoms with E-state index in [1.807, 2.05) is 36.4 Å². The SMILES string of the molecule is C[C@H](NP(=O)(OC[C@@H]1CC[C@H](n2c(Cl)nc3c(N)ncnc32)O1)Oc1cccc2ccccc12)C(=O)OC1CCCCC1. The van der Waals surface area contributed by atoms with Gasteiger partial charge in [0.15, 0.2) is 17.0 Å². The van der Waals surface area contributed by atoms with Crippen LogP contribution in [-0.2, 0) is 23.4 Å². The largest absolute Gasteiger partial charge is 0.461 e. The number of anilines is 1. The zero-order valence-electron chi connectivity index (χ0n) is 23.7. The fraction of sp³-hybridized carbons (Fsp3) is 0.448. The van der Waals surface area contributed by atoms with Gasteiger partial charge in [-0.25, -0.2) is 19.5 Å². The van der Waals surface area contributed by atoms with E-state index >= 15 is 0 Å². The first-order valence-electron chi connectivity index (χ1n) is 14.5. The maximum absolute atomic E-state index is 14.3. The van der Waals surface area contributed by atoms with E-state index < -0.39 is 32.1 Å². The lowest BCUT2D eigenvalue weighted by atomic mass is 9.98. The smallest absolute Gasteiger partial charge is 0.459 e. The van der Waals surface area contributed by atoms with Crippen LogP contribution in [0.15, 0.2) is 48.8 Å². The molecule has 0 spiro atoms. The number of nitrogens with one attached hydrogen (secondary N) is 1. The van der Waals surface area contributed by atoms with Gasteiger partial charge in [0.1, 0.15) is 30.5 Å². The normalized spacial score (nSPS) is 21.5. The number of imidazole rings is 1. The molecule has 3 N–H and O–H groups in total. The minimum atomic E-state index is -4.11. The Morgan fingerprint density at radius 1 is 1.14 bits per heavy atom.